The van der Waals surface area contributed by atoms with E-state index in [2.05, 4.69) is 40.4 Å². The average Bonchev–Trinajstić information content (AvgIpc) is 3.25. The molecular formula is C16H26N4OS. The molecule has 1 saturated heterocycles. The maximum Gasteiger partial charge on any atom is 0.233 e. The molecule has 0 bridgehead atoms. The fourth-order valence-electron chi connectivity index (χ4n) is 3.46. The molecule has 2 unspecified atom stereocenters. The highest BCUT2D eigenvalue weighted by molar-refractivity contribution is 7.99. The molecule has 2 aliphatic rings. The number of likely N-dealkylation sites (tertiary alicyclic amines) is 1. The van der Waals surface area contributed by atoms with Gasteiger partial charge in [-0.05, 0) is 52.9 Å². The molecule has 2 fully saturated rings. The molecule has 1 amide bonds. The van der Waals surface area contributed by atoms with Crippen molar-refractivity contribution in [1.29, 1.82) is 0 Å². The van der Waals surface area contributed by atoms with Crippen LogP contribution in [0, 0.1) is 0 Å². The lowest BCUT2D eigenvalue weighted by molar-refractivity contribution is -0.134. The average molecular weight is 322 g/mol. The van der Waals surface area contributed by atoms with Gasteiger partial charge in [-0.25, -0.2) is 0 Å². The Morgan fingerprint density at radius 3 is 2.45 bits per heavy atom. The van der Waals surface area contributed by atoms with E-state index in [9.17, 15) is 4.79 Å². The monoisotopic (exact) mass is 322 g/mol. The minimum absolute atomic E-state index is 0.239. The van der Waals surface area contributed by atoms with E-state index in [-0.39, 0.29) is 5.91 Å². The number of hydrogen-bond acceptors (Lipinski definition) is 4. The topological polar surface area (TPSA) is 51.0 Å². The van der Waals surface area contributed by atoms with Crippen molar-refractivity contribution in [3.05, 3.63) is 5.82 Å². The van der Waals surface area contributed by atoms with Crippen LogP contribution < -0.4 is 0 Å². The molecule has 0 N–H and O–H groups in total. The minimum Gasteiger partial charge on any atom is -0.337 e. The number of amides is 1. The first-order valence-electron chi connectivity index (χ1n) is 8.48. The van der Waals surface area contributed by atoms with E-state index in [0.717, 1.165) is 30.4 Å². The maximum atomic E-state index is 12.6. The molecule has 1 aliphatic heterocycles. The van der Waals surface area contributed by atoms with Crippen molar-refractivity contribution in [2.24, 2.45) is 0 Å². The van der Waals surface area contributed by atoms with Gasteiger partial charge in [0.2, 0.25) is 5.91 Å². The Bertz CT molecular complexity index is 530. The van der Waals surface area contributed by atoms with Gasteiger partial charge in [-0.15, -0.1) is 10.2 Å². The zero-order chi connectivity index (χ0) is 15.7. The molecule has 1 aromatic heterocycles. The van der Waals surface area contributed by atoms with Crippen molar-refractivity contribution in [2.45, 2.75) is 82.6 Å². The number of hydrogen-bond donors (Lipinski definition) is 0. The Morgan fingerprint density at radius 1 is 1.18 bits per heavy atom. The maximum absolute atomic E-state index is 12.6. The molecule has 1 aliphatic carbocycles. The van der Waals surface area contributed by atoms with Gasteiger partial charge in [0.05, 0.1) is 5.75 Å². The highest BCUT2D eigenvalue weighted by Crippen LogP contribution is 2.40. The van der Waals surface area contributed by atoms with Gasteiger partial charge in [-0.2, -0.15) is 0 Å². The highest BCUT2D eigenvalue weighted by atomic mass is 32.2. The van der Waals surface area contributed by atoms with Crippen molar-refractivity contribution < 1.29 is 4.79 Å². The summed E-state index contributed by atoms with van der Waals surface area (Å²) in [6.07, 6.45) is 5.93. The van der Waals surface area contributed by atoms with E-state index in [1.165, 1.54) is 19.3 Å². The first-order chi connectivity index (χ1) is 10.6. The lowest BCUT2D eigenvalue weighted by Crippen LogP contribution is -2.48. The van der Waals surface area contributed by atoms with Crippen LogP contribution >= 0.6 is 11.8 Å². The van der Waals surface area contributed by atoms with Crippen LogP contribution in [0.4, 0.5) is 0 Å². The number of piperidine rings is 1. The molecule has 0 spiro atoms. The quantitative estimate of drug-likeness (QED) is 0.782. The summed E-state index contributed by atoms with van der Waals surface area (Å²) >= 11 is 1.54. The first-order valence-corrected chi connectivity index (χ1v) is 9.47. The number of carbonyl (C=O) groups is 1. The zero-order valence-corrected chi connectivity index (χ0v) is 14.6. The van der Waals surface area contributed by atoms with E-state index in [1.54, 1.807) is 11.8 Å². The van der Waals surface area contributed by atoms with Crippen molar-refractivity contribution in [2.75, 3.05) is 5.75 Å². The molecule has 122 valence electrons. The number of aromatic nitrogens is 3. The summed E-state index contributed by atoms with van der Waals surface area (Å²) in [4.78, 5) is 14.7. The second-order valence-electron chi connectivity index (χ2n) is 6.58. The van der Waals surface area contributed by atoms with Crippen molar-refractivity contribution in [1.82, 2.24) is 19.7 Å². The third kappa shape index (κ3) is 3.16. The molecule has 0 aromatic carbocycles. The molecule has 2 heterocycles. The SMILES string of the molecule is CCn1c(SCC(=O)N2C(C)CCCC2C)nnc1C1CC1. The molecule has 22 heavy (non-hydrogen) atoms. The van der Waals surface area contributed by atoms with Gasteiger partial charge in [0, 0.05) is 24.5 Å². The van der Waals surface area contributed by atoms with E-state index in [1.807, 2.05) is 0 Å². The second kappa shape index (κ2) is 6.60. The lowest BCUT2D eigenvalue weighted by Gasteiger charge is -2.39. The molecule has 5 nitrogen and oxygen atoms in total. The summed E-state index contributed by atoms with van der Waals surface area (Å²) in [7, 11) is 0. The number of nitrogens with zero attached hydrogens (tertiary/aromatic N) is 4. The Morgan fingerprint density at radius 2 is 1.86 bits per heavy atom. The molecular weight excluding hydrogens is 296 g/mol. The Labute approximate surface area is 136 Å². The van der Waals surface area contributed by atoms with E-state index < -0.39 is 0 Å². The van der Waals surface area contributed by atoms with E-state index in [4.69, 9.17) is 0 Å². The second-order valence-corrected chi connectivity index (χ2v) is 7.52. The van der Waals surface area contributed by atoms with Crippen LogP contribution in [-0.2, 0) is 11.3 Å². The summed E-state index contributed by atoms with van der Waals surface area (Å²) in [5.74, 6) is 2.41. The van der Waals surface area contributed by atoms with Crippen LogP contribution in [0.3, 0.4) is 0 Å². The van der Waals surface area contributed by atoms with Crippen LogP contribution in [0.15, 0.2) is 5.16 Å². The number of carbonyl (C=O) groups excluding carboxylic acids is 1. The van der Waals surface area contributed by atoms with Gasteiger partial charge >= 0.3 is 0 Å². The third-order valence-electron chi connectivity index (χ3n) is 4.81. The fourth-order valence-corrected chi connectivity index (χ4v) is 4.34. The molecule has 0 radical (unpaired) electrons. The predicted octanol–water partition coefficient (Wildman–Crippen LogP) is 3.06. The summed E-state index contributed by atoms with van der Waals surface area (Å²) in [6.45, 7) is 7.33. The van der Waals surface area contributed by atoms with Crippen molar-refractivity contribution >= 4 is 17.7 Å². The zero-order valence-electron chi connectivity index (χ0n) is 13.8. The summed E-state index contributed by atoms with van der Waals surface area (Å²) in [6, 6.07) is 0.728. The van der Waals surface area contributed by atoms with Crippen molar-refractivity contribution in [3.63, 3.8) is 0 Å². The van der Waals surface area contributed by atoms with Gasteiger partial charge in [0.1, 0.15) is 5.82 Å². The molecule has 6 heteroatoms. The van der Waals surface area contributed by atoms with Gasteiger partial charge in [-0.3, -0.25) is 4.79 Å². The normalized spacial score (nSPS) is 25.5. The smallest absolute Gasteiger partial charge is 0.233 e. The molecule has 1 aromatic rings. The summed E-state index contributed by atoms with van der Waals surface area (Å²) in [5.41, 5.74) is 0. The molecule has 2 atom stereocenters. The van der Waals surface area contributed by atoms with Crippen LogP contribution in [0.2, 0.25) is 0 Å². The molecule has 1 saturated carbocycles. The standard InChI is InChI=1S/C16H26N4OS/c1-4-19-15(13-8-9-13)17-18-16(19)22-10-14(21)20-11(2)6-5-7-12(20)3/h11-13H,4-10H2,1-3H3. The van der Waals surface area contributed by atoms with Gasteiger partial charge in [0.25, 0.3) is 0 Å². The number of thioether (sulfide) groups is 1. The highest BCUT2D eigenvalue weighted by Gasteiger charge is 2.31. The van der Waals surface area contributed by atoms with Crippen molar-refractivity contribution in [3.8, 4) is 0 Å². The van der Waals surface area contributed by atoms with Crippen LogP contribution in [0.25, 0.3) is 0 Å². The lowest BCUT2D eigenvalue weighted by atomic mass is 9.98. The Hall–Kier alpha value is -1.04. The number of rotatable bonds is 5. The van der Waals surface area contributed by atoms with E-state index in [0.29, 0.717) is 23.8 Å². The fraction of sp³-hybridized carbons (Fsp3) is 0.812. The minimum atomic E-state index is 0.239. The van der Waals surface area contributed by atoms with Crippen LogP contribution in [0.5, 0.6) is 0 Å². The predicted molar refractivity (Wildman–Crippen MR) is 88.0 cm³/mol. The van der Waals surface area contributed by atoms with Gasteiger partial charge in [0.15, 0.2) is 5.16 Å². The summed E-state index contributed by atoms with van der Waals surface area (Å²) in [5, 5.41) is 9.54. The Kier molecular flexibility index (Phi) is 4.76. The third-order valence-corrected chi connectivity index (χ3v) is 5.76. The van der Waals surface area contributed by atoms with Crippen LogP contribution in [0.1, 0.15) is 64.6 Å². The van der Waals surface area contributed by atoms with E-state index >= 15 is 0 Å². The largest absolute Gasteiger partial charge is 0.337 e. The van der Waals surface area contributed by atoms with Gasteiger partial charge in [-0.1, -0.05) is 11.8 Å². The Balaban J connectivity index is 1.63. The van der Waals surface area contributed by atoms with Gasteiger partial charge < -0.3 is 9.47 Å². The first kappa shape index (κ1) is 15.8. The van der Waals surface area contributed by atoms with Crippen LogP contribution in [-0.4, -0.2) is 43.4 Å². The summed E-state index contributed by atoms with van der Waals surface area (Å²) < 4.78 is 2.18. The molecule has 3 rings (SSSR count).